The van der Waals surface area contributed by atoms with Crippen molar-refractivity contribution in [3.63, 3.8) is 0 Å². The third kappa shape index (κ3) is 0.941. The SMILES string of the molecule is C=C1CC=Nc2cncnc21. The minimum atomic E-state index is 0.796. The Morgan fingerprint density at radius 3 is 3.18 bits per heavy atom. The number of rotatable bonds is 0. The number of fused-ring (bicyclic) bond motifs is 1. The van der Waals surface area contributed by atoms with Gasteiger partial charge in [0.15, 0.2) is 0 Å². The zero-order chi connectivity index (χ0) is 7.68. The van der Waals surface area contributed by atoms with Crippen LogP contribution in [0.15, 0.2) is 24.1 Å². The summed E-state index contributed by atoms with van der Waals surface area (Å²) < 4.78 is 0. The average Bonchev–Trinajstić information content (AvgIpc) is 2.06. The normalized spacial score (nSPS) is 14.7. The van der Waals surface area contributed by atoms with E-state index in [1.807, 2.05) is 6.21 Å². The molecule has 11 heavy (non-hydrogen) atoms. The molecule has 2 heterocycles. The zero-order valence-corrected chi connectivity index (χ0v) is 5.99. The minimum absolute atomic E-state index is 0.796. The first-order valence-electron chi connectivity index (χ1n) is 3.38. The summed E-state index contributed by atoms with van der Waals surface area (Å²) in [6.07, 6.45) is 5.84. The summed E-state index contributed by atoms with van der Waals surface area (Å²) in [7, 11) is 0. The number of hydrogen-bond donors (Lipinski definition) is 0. The van der Waals surface area contributed by atoms with Gasteiger partial charge in [0.2, 0.25) is 0 Å². The van der Waals surface area contributed by atoms with Crippen molar-refractivity contribution >= 4 is 17.5 Å². The Morgan fingerprint density at radius 1 is 1.45 bits per heavy atom. The van der Waals surface area contributed by atoms with Gasteiger partial charge in [-0.15, -0.1) is 0 Å². The van der Waals surface area contributed by atoms with E-state index in [0.29, 0.717) is 0 Å². The molecule has 0 saturated carbocycles. The molecule has 3 nitrogen and oxygen atoms in total. The first kappa shape index (κ1) is 6.22. The van der Waals surface area contributed by atoms with Crippen LogP contribution in [0, 0.1) is 0 Å². The van der Waals surface area contributed by atoms with Crippen LogP contribution >= 0.6 is 0 Å². The Labute approximate surface area is 64.5 Å². The maximum atomic E-state index is 4.13. The van der Waals surface area contributed by atoms with Crippen LogP contribution in [0.3, 0.4) is 0 Å². The average molecular weight is 145 g/mol. The van der Waals surface area contributed by atoms with Gasteiger partial charge in [-0.2, -0.15) is 0 Å². The van der Waals surface area contributed by atoms with E-state index in [2.05, 4.69) is 21.5 Å². The number of aliphatic imine (C=N–C) groups is 1. The maximum absolute atomic E-state index is 4.13. The van der Waals surface area contributed by atoms with Gasteiger partial charge in [-0.3, -0.25) is 4.99 Å². The molecular formula is C8H7N3. The van der Waals surface area contributed by atoms with E-state index in [1.54, 1.807) is 6.20 Å². The predicted molar refractivity (Wildman–Crippen MR) is 43.8 cm³/mol. The molecule has 0 aromatic carbocycles. The van der Waals surface area contributed by atoms with Crippen molar-refractivity contribution in [2.45, 2.75) is 6.42 Å². The van der Waals surface area contributed by atoms with Gasteiger partial charge in [-0.1, -0.05) is 6.58 Å². The molecule has 0 N–H and O–H groups in total. The van der Waals surface area contributed by atoms with Gasteiger partial charge in [0, 0.05) is 12.6 Å². The highest BCUT2D eigenvalue weighted by Crippen LogP contribution is 2.26. The van der Waals surface area contributed by atoms with Crippen LogP contribution in [0.25, 0.3) is 5.57 Å². The Hall–Kier alpha value is -1.51. The molecule has 0 atom stereocenters. The van der Waals surface area contributed by atoms with Crippen LogP contribution in [0.2, 0.25) is 0 Å². The van der Waals surface area contributed by atoms with Gasteiger partial charge < -0.3 is 0 Å². The van der Waals surface area contributed by atoms with E-state index in [9.17, 15) is 0 Å². The predicted octanol–water partition coefficient (Wildman–Crippen LogP) is 1.60. The number of aromatic nitrogens is 2. The number of allylic oxidation sites excluding steroid dienone is 1. The van der Waals surface area contributed by atoms with Crippen LogP contribution in [0.5, 0.6) is 0 Å². The fraction of sp³-hybridized carbons (Fsp3) is 0.125. The lowest BCUT2D eigenvalue weighted by atomic mass is 10.1. The van der Waals surface area contributed by atoms with Crippen molar-refractivity contribution in [3.05, 3.63) is 24.8 Å². The van der Waals surface area contributed by atoms with E-state index in [1.165, 1.54) is 6.33 Å². The highest BCUT2D eigenvalue weighted by atomic mass is 14.9. The summed E-state index contributed by atoms with van der Waals surface area (Å²) in [6, 6.07) is 0. The Morgan fingerprint density at radius 2 is 2.36 bits per heavy atom. The smallest absolute Gasteiger partial charge is 0.116 e. The van der Waals surface area contributed by atoms with Crippen LogP contribution in [-0.4, -0.2) is 16.2 Å². The lowest BCUT2D eigenvalue weighted by Crippen LogP contribution is -1.95. The van der Waals surface area contributed by atoms with Gasteiger partial charge in [0.05, 0.1) is 11.9 Å². The Balaban J connectivity index is 2.63. The number of nitrogens with zero attached hydrogens (tertiary/aromatic N) is 3. The first-order chi connectivity index (χ1) is 5.38. The molecule has 0 aliphatic carbocycles. The molecule has 0 saturated heterocycles. The molecule has 0 unspecified atom stereocenters. The second kappa shape index (κ2) is 2.27. The van der Waals surface area contributed by atoms with E-state index in [0.717, 1.165) is 23.4 Å². The Bertz CT molecular complexity index is 328. The summed E-state index contributed by atoms with van der Waals surface area (Å²) in [5.74, 6) is 0. The summed E-state index contributed by atoms with van der Waals surface area (Å²) >= 11 is 0. The van der Waals surface area contributed by atoms with Crippen LogP contribution in [0.1, 0.15) is 12.1 Å². The first-order valence-corrected chi connectivity index (χ1v) is 3.38. The fourth-order valence-corrected chi connectivity index (χ4v) is 1.04. The molecule has 0 amide bonds. The number of hydrogen-bond acceptors (Lipinski definition) is 3. The van der Waals surface area contributed by atoms with E-state index in [-0.39, 0.29) is 0 Å². The van der Waals surface area contributed by atoms with Crippen molar-refractivity contribution < 1.29 is 0 Å². The molecule has 1 aromatic heterocycles. The molecule has 3 heteroatoms. The molecular weight excluding hydrogens is 138 g/mol. The monoisotopic (exact) mass is 145 g/mol. The van der Waals surface area contributed by atoms with Crippen molar-refractivity contribution in [3.8, 4) is 0 Å². The van der Waals surface area contributed by atoms with Crippen LogP contribution in [0.4, 0.5) is 5.69 Å². The highest BCUT2D eigenvalue weighted by molar-refractivity contribution is 5.86. The van der Waals surface area contributed by atoms with Crippen molar-refractivity contribution in [1.82, 2.24) is 9.97 Å². The topological polar surface area (TPSA) is 38.1 Å². The maximum Gasteiger partial charge on any atom is 0.116 e. The van der Waals surface area contributed by atoms with Crippen LogP contribution < -0.4 is 0 Å². The molecule has 1 aliphatic rings. The van der Waals surface area contributed by atoms with Gasteiger partial charge >= 0.3 is 0 Å². The quantitative estimate of drug-likeness (QED) is 0.556. The molecule has 2 rings (SSSR count). The molecule has 0 spiro atoms. The van der Waals surface area contributed by atoms with Gasteiger partial charge in [0.1, 0.15) is 12.0 Å². The molecule has 0 radical (unpaired) electrons. The summed E-state index contributed by atoms with van der Waals surface area (Å²) in [6.45, 7) is 3.87. The minimum Gasteiger partial charge on any atom is -0.257 e. The molecule has 0 bridgehead atoms. The summed E-state index contributed by atoms with van der Waals surface area (Å²) in [5, 5.41) is 0. The van der Waals surface area contributed by atoms with Gasteiger partial charge in [-0.25, -0.2) is 9.97 Å². The van der Waals surface area contributed by atoms with E-state index in [4.69, 9.17) is 0 Å². The summed E-state index contributed by atoms with van der Waals surface area (Å²) in [5.41, 5.74) is 2.71. The molecule has 0 fully saturated rings. The lowest BCUT2D eigenvalue weighted by Gasteiger charge is -2.08. The van der Waals surface area contributed by atoms with Crippen molar-refractivity contribution in [2.75, 3.05) is 0 Å². The zero-order valence-electron chi connectivity index (χ0n) is 5.99. The van der Waals surface area contributed by atoms with Crippen LogP contribution in [-0.2, 0) is 0 Å². The second-order valence-electron chi connectivity index (χ2n) is 2.38. The third-order valence-corrected chi connectivity index (χ3v) is 1.60. The standard InChI is InChI=1S/C8H7N3/c1-6-2-3-10-7-4-9-5-11-8(6)7/h3-5H,1-2H2. The molecule has 54 valence electrons. The van der Waals surface area contributed by atoms with Crippen molar-refractivity contribution in [1.29, 1.82) is 0 Å². The third-order valence-electron chi connectivity index (χ3n) is 1.60. The highest BCUT2D eigenvalue weighted by Gasteiger charge is 2.09. The van der Waals surface area contributed by atoms with E-state index < -0.39 is 0 Å². The molecule has 1 aliphatic heterocycles. The summed E-state index contributed by atoms with van der Waals surface area (Å²) in [4.78, 5) is 12.1. The largest absolute Gasteiger partial charge is 0.257 e. The van der Waals surface area contributed by atoms with Gasteiger partial charge in [-0.05, 0) is 5.57 Å². The van der Waals surface area contributed by atoms with Gasteiger partial charge in [0.25, 0.3) is 0 Å². The molecule has 1 aromatic rings. The fourth-order valence-electron chi connectivity index (χ4n) is 1.04. The second-order valence-corrected chi connectivity index (χ2v) is 2.38. The Kier molecular flexibility index (Phi) is 1.28. The van der Waals surface area contributed by atoms with Crippen molar-refractivity contribution in [2.24, 2.45) is 4.99 Å². The van der Waals surface area contributed by atoms with E-state index >= 15 is 0 Å². The lowest BCUT2D eigenvalue weighted by molar-refractivity contribution is 1.11.